The third-order valence-electron chi connectivity index (χ3n) is 4.14. The summed E-state index contributed by atoms with van der Waals surface area (Å²) < 4.78 is 2.61. The van der Waals surface area contributed by atoms with Crippen LogP contribution in [-0.2, 0) is 13.6 Å². The zero-order chi connectivity index (χ0) is 18.6. The average Bonchev–Trinajstić information content (AvgIpc) is 3.29. The molecule has 0 amide bonds. The molecule has 4 aromatic rings. The van der Waals surface area contributed by atoms with Gasteiger partial charge in [0.25, 0.3) is 0 Å². The fourth-order valence-electron chi connectivity index (χ4n) is 2.77. The fraction of sp³-hybridized carbons (Fsp3) is 0.150. The highest BCUT2D eigenvalue weighted by atomic mass is 32.2. The SMILES string of the molecule is Cn1nc(SCC(=O)c2c[nH]c3ccccc23)sc1=NCc1ccccc1. The van der Waals surface area contributed by atoms with Crippen molar-refractivity contribution in [1.29, 1.82) is 0 Å². The average molecular weight is 395 g/mol. The van der Waals surface area contributed by atoms with Gasteiger partial charge in [0.2, 0.25) is 4.80 Å². The largest absolute Gasteiger partial charge is 0.360 e. The lowest BCUT2D eigenvalue weighted by atomic mass is 10.1. The molecule has 0 radical (unpaired) electrons. The predicted octanol–water partition coefficient (Wildman–Crippen LogP) is 4.04. The molecule has 0 saturated heterocycles. The van der Waals surface area contributed by atoms with E-state index < -0.39 is 0 Å². The predicted molar refractivity (Wildman–Crippen MR) is 110 cm³/mol. The maximum absolute atomic E-state index is 12.6. The van der Waals surface area contributed by atoms with Crippen LogP contribution in [0.1, 0.15) is 15.9 Å². The van der Waals surface area contributed by atoms with Crippen LogP contribution in [-0.4, -0.2) is 26.3 Å². The number of ketones is 1. The van der Waals surface area contributed by atoms with Crippen molar-refractivity contribution in [3.8, 4) is 0 Å². The number of para-hydroxylation sites is 1. The first-order chi connectivity index (χ1) is 13.2. The number of hydrogen-bond acceptors (Lipinski definition) is 5. The van der Waals surface area contributed by atoms with Gasteiger partial charge in [0.05, 0.1) is 12.3 Å². The monoisotopic (exact) mass is 394 g/mol. The van der Waals surface area contributed by atoms with Gasteiger partial charge in [-0.15, -0.1) is 0 Å². The lowest BCUT2D eigenvalue weighted by Crippen LogP contribution is -2.11. The number of aromatic nitrogens is 3. The van der Waals surface area contributed by atoms with Crippen LogP contribution in [0.5, 0.6) is 0 Å². The van der Waals surface area contributed by atoms with Crippen LogP contribution in [0.25, 0.3) is 10.9 Å². The molecule has 7 heteroatoms. The summed E-state index contributed by atoms with van der Waals surface area (Å²) in [6, 6.07) is 18.0. The number of H-pyrrole nitrogens is 1. The molecule has 0 aliphatic heterocycles. The molecule has 2 aromatic heterocycles. The van der Waals surface area contributed by atoms with Gasteiger partial charge >= 0.3 is 0 Å². The third kappa shape index (κ3) is 4.04. The Morgan fingerprint density at radius 1 is 1.19 bits per heavy atom. The number of benzene rings is 2. The second-order valence-electron chi connectivity index (χ2n) is 6.04. The topological polar surface area (TPSA) is 63.0 Å². The molecule has 0 spiro atoms. The summed E-state index contributed by atoms with van der Waals surface area (Å²) >= 11 is 2.96. The zero-order valence-electron chi connectivity index (χ0n) is 14.8. The number of Topliss-reactive ketones (excluding diaryl/α,β-unsaturated/α-hetero) is 1. The molecule has 27 heavy (non-hydrogen) atoms. The molecule has 2 heterocycles. The molecule has 0 aliphatic rings. The number of hydrogen-bond donors (Lipinski definition) is 1. The highest BCUT2D eigenvalue weighted by Gasteiger charge is 2.13. The second-order valence-corrected chi connectivity index (χ2v) is 8.21. The molecule has 0 fully saturated rings. The van der Waals surface area contributed by atoms with Crippen LogP contribution in [0, 0.1) is 0 Å². The number of aromatic amines is 1. The number of nitrogens with one attached hydrogen (secondary N) is 1. The van der Waals surface area contributed by atoms with E-state index in [2.05, 4.69) is 27.2 Å². The summed E-state index contributed by atoms with van der Waals surface area (Å²) in [7, 11) is 1.88. The summed E-state index contributed by atoms with van der Waals surface area (Å²) in [5, 5.41) is 5.45. The Kier molecular flexibility index (Phi) is 5.22. The minimum atomic E-state index is 0.0954. The van der Waals surface area contributed by atoms with Crippen molar-refractivity contribution in [1.82, 2.24) is 14.8 Å². The molecule has 0 unspecified atom stereocenters. The van der Waals surface area contributed by atoms with Crippen molar-refractivity contribution in [2.24, 2.45) is 12.0 Å². The Bertz CT molecular complexity index is 1140. The maximum Gasteiger partial charge on any atom is 0.203 e. The van der Waals surface area contributed by atoms with E-state index in [1.54, 1.807) is 10.9 Å². The smallest absolute Gasteiger partial charge is 0.203 e. The van der Waals surface area contributed by atoms with Crippen molar-refractivity contribution in [2.75, 3.05) is 5.75 Å². The van der Waals surface area contributed by atoms with Gasteiger partial charge < -0.3 is 4.98 Å². The molecule has 5 nitrogen and oxygen atoms in total. The number of thioether (sulfide) groups is 1. The van der Waals surface area contributed by atoms with Crippen molar-refractivity contribution in [2.45, 2.75) is 10.9 Å². The van der Waals surface area contributed by atoms with Crippen molar-refractivity contribution in [3.05, 3.63) is 76.7 Å². The first kappa shape index (κ1) is 17.8. The van der Waals surface area contributed by atoms with Crippen LogP contribution in [0.3, 0.4) is 0 Å². The molecule has 0 atom stereocenters. The van der Waals surface area contributed by atoms with Crippen molar-refractivity contribution >= 4 is 39.8 Å². The van der Waals surface area contributed by atoms with Crippen molar-refractivity contribution in [3.63, 3.8) is 0 Å². The van der Waals surface area contributed by atoms with E-state index in [0.29, 0.717) is 12.3 Å². The fourth-order valence-corrected chi connectivity index (χ4v) is 4.62. The Hall–Kier alpha value is -2.64. The minimum absolute atomic E-state index is 0.0954. The van der Waals surface area contributed by atoms with Crippen LogP contribution in [0.2, 0.25) is 0 Å². The molecule has 2 aromatic carbocycles. The van der Waals surface area contributed by atoms with E-state index in [0.717, 1.165) is 31.2 Å². The summed E-state index contributed by atoms with van der Waals surface area (Å²) in [5.74, 6) is 0.450. The van der Waals surface area contributed by atoms with E-state index >= 15 is 0 Å². The van der Waals surface area contributed by atoms with Gasteiger partial charge in [-0.25, -0.2) is 4.68 Å². The molecular formula is C20H18N4OS2. The first-order valence-corrected chi connectivity index (χ1v) is 10.3. The van der Waals surface area contributed by atoms with Gasteiger partial charge in [-0.1, -0.05) is 71.6 Å². The highest BCUT2D eigenvalue weighted by molar-refractivity contribution is 8.01. The van der Waals surface area contributed by atoms with Crippen LogP contribution in [0.4, 0.5) is 0 Å². The van der Waals surface area contributed by atoms with Crippen molar-refractivity contribution < 1.29 is 4.79 Å². The van der Waals surface area contributed by atoms with Crippen LogP contribution < -0.4 is 4.80 Å². The molecule has 0 saturated carbocycles. The number of carbonyl (C=O) groups excluding carboxylic acids is 1. The second kappa shape index (κ2) is 7.94. The van der Waals surface area contributed by atoms with Crippen LogP contribution in [0.15, 0.2) is 70.1 Å². The number of fused-ring (bicyclic) bond motifs is 1. The normalized spacial score (nSPS) is 12.0. The zero-order valence-corrected chi connectivity index (χ0v) is 16.4. The number of carbonyl (C=O) groups is 1. The Labute approximate surface area is 164 Å². The van der Waals surface area contributed by atoms with Gasteiger partial charge in [-0.3, -0.25) is 9.79 Å². The Morgan fingerprint density at radius 3 is 2.81 bits per heavy atom. The molecule has 0 aliphatic carbocycles. The summed E-state index contributed by atoms with van der Waals surface area (Å²) in [4.78, 5) is 21.2. The number of aryl methyl sites for hydroxylation is 1. The Balaban J connectivity index is 1.45. The number of rotatable bonds is 6. The quantitative estimate of drug-likeness (QED) is 0.397. The van der Waals surface area contributed by atoms with Crippen LogP contribution >= 0.6 is 23.1 Å². The van der Waals surface area contributed by atoms with Gasteiger partial charge in [0, 0.05) is 29.7 Å². The molecule has 4 rings (SSSR count). The minimum Gasteiger partial charge on any atom is -0.360 e. The highest BCUT2D eigenvalue weighted by Crippen LogP contribution is 2.23. The van der Waals surface area contributed by atoms with E-state index in [9.17, 15) is 4.79 Å². The lowest BCUT2D eigenvalue weighted by Gasteiger charge is -1.97. The van der Waals surface area contributed by atoms with E-state index in [1.165, 1.54) is 23.1 Å². The van der Waals surface area contributed by atoms with E-state index in [1.807, 2.05) is 49.5 Å². The molecular weight excluding hydrogens is 376 g/mol. The van der Waals surface area contributed by atoms with E-state index in [4.69, 9.17) is 0 Å². The van der Waals surface area contributed by atoms with Gasteiger partial charge in [-0.2, -0.15) is 5.10 Å². The standard InChI is InChI=1S/C20H18N4OS2/c1-24-19(22-11-14-7-3-2-4-8-14)27-20(23-24)26-13-18(25)16-12-21-17-10-6-5-9-15(16)17/h2-10,12,21H,11,13H2,1H3. The molecule has 1 N–H and O–H groups in total. The maximum atomic E-state index is 12.6. The molecule has 136 valence electrons. The van der Waals surface area contributed by atoms with Gasteiger partial charge in [-0.05, 0) is 11.6 Å². The summed E-state index contributed by atoms with van der Waals surface area (Å²) in [6.07, 6.45) is 1.79. The van der Waals surface area contributed by atoms with Gasteiger partial charge in [0.1, 0.15) is 0 Å². The third-order valence-corrected chi connectivity index (χ3v) is 6.31. The van der Waals surface area contributed by atoms with E-state index in [-0.39, 0.29) is 5.78 Å². The lowest BCUT2D eigenvalue weighted by molar-refractivity contribution is 0.102. The first-order valence-electron chi connectivity index (χ1n) is 8.51. The Morgan fingerprint density at radius 2 is 1.96 bits per heavy atom. The summed E-state index contributed by atoms with van der Waals surface area (Å²) in [6.45, 7) is 0.620. The number of nitrogens with zero attached hydrogens (tertiary/aromatic N) is 3. The summed E-state index contributed by atoms with van der Waals surface area (Å²) in [5.41, 5.74) is 2.87. The van der Waals surface area contributed by atoms with Gasteiger partial charge in [0.15, 0.2) is 10.1 Å². The molecule has 0 bridgehead atoms.